The van der Waals surface area contributed by atoms with Gasteiger partial charge in [-0.3, -0.25) is 0 Å². The summed E-state index contributed by atoms with van der Waals surface area (Å²) in [6, 6.07) is 17.1. The van der Waals surface area contributed by atoms with Crippen LogP contribution >= 0.6 is 15.9 Å². The zero-order valence-corrected chi connectivity index (χ0v) is 15.4. The number of piperidine rings is 1. The standard InChI is InChI=1S/C20H24BrNO/c1-20(2,15-7-4-3-5-8-15)16-10-11-19(18(21)13-16)23-17-9-6-12-22-14-17/h3-5,7-8,10-11,13,17,22H,6,9,12,14H2,1-2H3/t17-/m1/s1. The van der Waals surface area contributed by atoms with Crippen LogP contribution in [0.25, 0.3) is 0 Å². The van der Waals surface area contributed by atoms with Gasteiger partial charge in [-0.2, -0.15) is 0 Å². The van der Waals surface area contributed by atoms with Gasteiger partial charge in [0.05, 0.1) is 4.47 Å². The second-order valence-electron chi connectivity index (χ2n) is 6.72. The SMILES string of the molecule is CC(C)(c1ccccc1)c1ccc(O[C@@H]2CCCNC2)c(Br)c1. The molecule has 1 N–H and O–H groups in total. The highest BCUT2D eigenvalue weighted by Crippen LogP contribution is 2.36. The van der Waals surface area contributed by atoms with Gasteiger partial charge < -0.3 is 10.1 Å². The molecule has 1 saturated heterocycles. The van der Waals surface area contributed by atoms with E-state index in [1.165, 1.54) is 17.5 Å². The molecule has 23 heavy (non-hydrogen) atoms. The van der Waals surface area contributed by atoms with Crippen LogP contribution in [0.2, 0.25) is 0 Å². The Morgan fingerprint density at radius 3 is 2.52 bits per heavy atom. The number of ether oxygens (including phenoxy) is 1. The van der Waals surface area contributed by atoms with E-state index >= 15 is 0 Å². The first-order chi connectivity index (χ1) is 11.1. The molecule has 2 aromatic rings. The Kier molecular flexibility index (Phi) is 5.08. The van der Waals surface area contributed by atoms with Crippen molar-refractivity contribution >= 4 is 15.9 Å². The fourth-order valence-electron chi connectivity index (χ4n) is 3.11. The van der Waals surface area contributed by atoms with Crippen molar-refractivity contribution in [2.24, 2.45) is 0 Å². The van der Waals surface area contributed by atoms with Crippen LogP contribution in [0.15, 0.2) is 53.0 Å². The van der Waals surface area contributed by atoms with Gasteiger partial charge in [0.1, 0.15) is 11.9 Å². The molecule has 0 saturated carbocycles. The largest absolute Gasteiger partial charge is 0.488 e. The Labute approximate surface area is 147 Å². The number of hydrogen-bond donors (Lipinski definition) is 1. The Morgan fingerprint density at radius 2 is 1.87 bits per heavy atom. The highest BCUT2D eigenvalue weighted by molar-refractivity contribution is 9.10. The topological polar surface area (TPSA) is 21.3 Å². The van der Waals surface area contributed by atoms with Crippen molar-refractivity contribution in [3.63, 3.8) is 0 Å². The van der Waals surface area contributed by atoms with Crippen molar-refractivity contribution in [3.8, 4) is 5.75 Å². The molecular weight excluding hydrogens is 350 g/mol. The first-order valence-corrected chi connectivity index (χ1v) is 9.09. The summed E-state index contributed by atoms with van der Waals surface area (Å²) in [6.45, 7) is 6.56. The molecule has 122 valence electrons. The third-order valence-corrected chi connectivity index (χ3v) is 5.31. The molecule has 0 bridgehead atoms. The molecule has 1 fully saturated rings. The number of rotatable bonds is 4. The average molecular weight is 374 g/mol. The fraction of sp³-hybridized carbons (Fsp3) is 0.400. The molecule has 1 heterocycles. The third-order valence-electron chi connectivity index (χ3n) is 4.69. The second kappa shape index (κ2) is 7.06. The highest BCUT2D eigenvalue weighted by atomic mass is 79.9. The Balaban J connectivity index is 1.81. The number of nitrogens with one attached hydrogen (secondary N) is 1. The average Bonchev–Trinajstić information content (AvgIpc) is 2.58. The molecule has 0 amide bonds. The Hall–Kier alpha value is -1.32. The lowest BCUT2D eigenvalue weighted by atomic mass is 9.78. The molecule has 0 radical (unpaired) electrons. The molecule has 2 nitrogen and oxygen atoms in total. The van der Waals surface area contributed by atoms with Crippen molar-refractivity contribution in [2.75, 3.05) is 13.1 Å². The number of halogens is 1. The molecule has 1 aliphatic rings. The van der Waals surface area contributed by atoms with E-state index in [1.807, 2.05) is 0 Å². The number of benzene rings is 2. The maximum absolute atomic E-state index is 6.15. The van der Waals surface area contributed by atoms with Gasteiger partial charge in [0.25, 0.3) is 0 Å². The first-order valence-electron chi connectivity index (χ1n) is 8.30. The van der Waals surface area contributed by atoms with Crippen LogP contribution in [-0.2, 0) is 5.41 Å². The van der Waals surface area contributed by atoms with Crippen LogP contribution in [0.4, 0.5) is 0 Å². The second-order valence-corrected chi connectivity index (χ2v) is 7.58. The van der Waals surface area contributed by atoms with E-state index < -0.39 is 0 Å². The minimum absolute atomic E-state index is 0.0330. The van der Waals surface area contributed by atoms with Gasteiger partial charge in [-0.1, -0.05) is 50.2 Å². The summed E-state index contributed by atoms with van der Waals surface area (Å²) in [7, 11) is 0. The zero-order valence-electron chi connectivity index (χ0n) is 13.8. The van der Waals surface area contributed by atoms with Crippen LogP contribution in [0, 0.1) is 0 Å². The molecule has 0 aliphatic carbocycles. The summed E-state index contributed by atoms with van der Waals surface area (Å²) in [5.74, 6) is 0.936. The molecule has 3 heteroatoms. The van der Waals surface area contributed by atoms with Crippen LogP contribution in [-0.4, -0.2) is 19.2 Å². The first kappa shape index (κ1) is 16.5. The van der Waals surface area contributed by atoms with Gasteiger partial charge in [-0.25, -0.2) is 0 Å². The van der Waals surface area contributed by atoms with Crippen LogP contribution in [0.1, 0.15) is 37.8 Å². The van der Waals surface area contributed by atoms with Gasteiger partial charge in [0, 0.05) is 12.0 Å². The Morgan fingerprint density at radius 1 is 1.09 bits per heavy atom. The van der Waals surface area contributed by atoms with E-state index in [1.54, 1.807) is 0 Å². The smallest absolute Gasteiger partial charge is 0.133 e. The molecular formula is C20H24BrNO. The van der Waals surface area contributed by atoms with Gasteiger partial charge >= 0.3 is 0 Å². The maximum atomic E-state index is 6.15. The van der Waals surface area contributed by atoms with E-state index in [0.717, 1.165) is 29.7 Å². The van der Waals surface area contributed by atoms with Crippen LogP contribution < -0.4 is 10.1 Å². The predicted molar refractivity (Wildman–Crippen MR) is 99.2 cm³/mol. The minimum atomic E-state index is -0.0330. The van der Waals surface area contributed by atoms with Crippen molar-refractivity contribution in [1.29, 1.82) is 0 Å². The Bertz CT molecular complexity index is 648. The summed E-state index contributed by atoms with van der Waals surface area (Å²) < 4.78 is 7.18. The number of hydrogen-bond acceptors (Lipinski definition) is 2. The molecule has 0 unspecified atom stereocenters. The molecule has 1 aliphatic heterocycles. The normalized spacial score (nSPS) is 18.7. The van der Waals surface area contributed by atoms with E-state index in [0.29, 0.717) is 0 Å². The van der Waals surface area contributed by atoms with E-state index in [2.05, 4.69) is 83.6 Å². The lowest BCUT2D eigenvalue weighted by Gasteiger charge is -2.28. The molecule has 0 aromatic heterocycles. The zero-order chi connectivity index (χ0) is 16.3. The molecule has 0 spiro atoms. The lowest BCUT2D eigenvalue weighted by molar-refractivity contribution is 0.166. The van der Waals surface area contributed by atoms with Crippen molar-refractivity contribution < 1.29 is 4.74 Å². The van der Waals surface area contributed by atoms with Crippen LogP contribution in [0.5, 0.6) is 5.75 Å². The summed E-state index contributed by atoms with van der Waals surface area (Å²) in [5.41, 5.74) is 2.57. The van der Waals surface area contributed by atoms with Gasteiger partial charge in [0.15, 0.2) is 0 Å². The molecule has 2 aromatic carbocycles. The van der Waals surface area contributed by atoms with Gasteiger partial charge in [-0.05, 0) is 58.6 Å². The van der Waals surface area contributed by atoms with Crippen molar-refractivity contribution in [3.05, 3.63) is 64.1 Å². The quantitative estimate of drug-likeness (QED) is 0.822. The minimum Gasteiger partial charge on any atom is -0.488 e. The maximum Gasteiger partial charge on any atom is 0.133 e. The highest BCUT2D eigenvalue weighted by Gasteiger charge is 2.24. The summed E-state index contributed by atoms with van der Waals surface area (Å²) in [5, 5.41) is 3.39. The third kappa shape index (κ3) is 3.78. The van der Waals surface area contributed by atoms with Crippen molar-refractivity contribution in [2.45, 2.75) is 38.2 Å². The summed E-state index contributed by atoms with van der Waals surface area (Å²) in [6.07, 6.45) is 2.58. The summed E-state index contributed by atoms with van der Waals surface area (Å²) in [4.78, 5) is 0. The van der Waals surface area contributed by atoms with Gasteiger partial charge in [0.2, 0.25) is 0 Å². The van der Waals surface area contributed by atoms with Gasteiger partial charge in [-0.15, -0.1) is 0 Å². The van der Waals surface area contributed by atoms with E-state index in [4.69, 9.17) is 4.74 Å². The van der Waals surface area contributed by atoms with Crippen molar-refractivity contribution in [1.82, 2.24) is 5.32 Å². The monoisotopic (exact) mass is 373 g/mol. The summed E-state index contributed by atoms with van der Waals surface area (Å²) >= 11 is 3.69. The lowest BCUT2D eigenvalue weighted by Crippen LogP contribution is -2.37. The molecule has 3 rings (SSSR count). The predicted octanol–water partition coefficient (Wildman–Crippen LogP) is 4.91. The van der Waals surface area contributed by atoms with E-state index in [-0.39, 0.29) is 11.5 Å². The van der Waals surface area contributed by atoms with E-state index in [9.17, 15) is 0 Å². The molecule has 1 atom stereocenters. The van der Waals surface area contributed by atoms with Crippen LogP contribution in [0.3, 0.4) is 0 Å². The fourth-order valence-corrected chi connectivity index (χ4v) is 3.58.